The Labute approximate surface area is 185 Å². The molecule has 7 heteroatoms. The lowest BCUT2D eigenvalue weighted by atomic mass is 9.73. The van der Waals surface area contributed by atoms with E-state index in [1.54, 1.807) is 11.8 Å². The van der Waals surface area contributed by atoms with Gasteiger partial charge in [0.1, 0.15) is 11.8 Å². The van der Waals surface area contributed by atoms with E-state index in [1.807, 2.05) is 48.5 Å². The third kappa shape index (κ3) is 3.41. The molecule has 1 atom stereocenters. The average Bonchev–Trinajstić information content (AvgIpc) is 3.15. The van der Waals surface area contributed by atoms with Crippen molar-refractivity contribution in [3.05, 3.63) is 70.4 Å². The van der Waals surface area contributed by atoms with Gasteiger partial charge >= 0.3 is 0 Å². The molecular formula is C24H23ClN4O2. The Morgan fingerprint density at radius 2 is 1.97 bits per heavy atom. The van der Waals surface area contributed by atoms with Gasteiger partial charge in [0.25, 0.3) is 0 Å². The van der Waals surface area contributed by atoms with E-state index >= 15 is 0 Å². The Morgan fingerprint density at radius 3 is 2.74 bits per heavy atom. The molecule has 1 N–H and O–H groups in total. The number of halogens is 1. The number of nitrogens with one attached hydrogen (secondary N) is 1. The van der Waals surface area contributed by atoms with Crippen LogP contribution in [0.3, 0.4) is 0 Å². The maximum Gasteiger partial charge on any atom is 0.226 e. The topological polar surface area (TPSA) is 69.0 Å². The second-order valence-electron chi connectivity index (χ2n) is 8.82. The molecule has 158 valence electrons. The Bertz CT molecular complexity index is 1230. The van der Waals surface area contributed by atoms with Crippen LogP contribution in [0.1, 0.15) is 38.3 Å². The van der Waals surface area contributed by atoms with Crippen LogP contribution in [-0.4, -0.2) is 27.7 Å². The summed E-state index contributed by atoms with van der Waals surface area (Å²) in [5.41, 5.74) is 3.23. The van der Waals surface area contributed by atoms with Gasteiger partial charge in [0, 0.05) is 23.3 Å². The van der Waals surface area contributed by atoms with Crippen molar-refractivity contribution in [2.75, 3.05) is 12.4 Å². The second-order valence-corrected chi connectivity index (χ2v) is 9.23. The molecule has 2 aliphatic rings. The standard InChI is InChI=1S/C24H23ClN4O2/c1-24(2)12-18-20(19(30)13-24)21(14-7-6-8-15(11-14)31-3)29-23(26-18)27-22(28-29)16-9-4-5-10-17(16)25/h4-11,21H,12-13H2,1-3H3,(H,26,27,28)/t21-/m1/s1. The summed E-state index contributed by atoms with van der Waals surface area (Å²) >= 11 is 6.41. The van der Waals surface area contributed by atoms with Gasteiger partial charge in [-0.25, -0.2) is 4.68 Å². The first kappa shape index (κ1) is 19.8. The summed E-state index contributed by atoms with van der Waals surface area (Å²) in [5.74, 6) is 1.99. The molecule has 31 heavy (non-hydrogen) atoms. The lowest BCUT2D eigenvalue weighted by molar-refractivity contribution is -0.118. The fraction of sp³-hybridized carbons (Fsp3) is 0.292. The minimum Gasteiger partial charge on any atom is -0.497 e. The van der Waals surface area contributed by atoms with Gasteiger partial charge in [-0.05, 0) is 41.7 Å². The molecule has 0 saturated heterocycles. The zero-order chi connectivity index (χ0) is 21.8. The fourth-order valence-corrected chi connectivity index (χ4v) is 4.71. The van der Waals surface area contributed by atoms with Crippen LogP contribution in [0.15, 0.2) is 59.8 Å². The van der Waals surface area contributed by atoms with Gasteiger partial charge in [0.05, 0.1) is 12.1 Å². The molecule has 0 saturated carbocycles. The highest BCUT2D eigenvalue weighted by Gasteiger charge is 2.42. The number of Topliss-reactive ketones (excluding diaryl/α,β-unsaturated/α-hetero) is 1. The molecule has 0 bridgehead atoms. The molecule has 3 aromatic rings. The van der Waals surface area contributed by atoms with Gasteiger partial charge in [-0.3, -0.25) is 4.79 Å². The molecule has 0 spiro atoms. The van der Waals surface area contributed by atoms with Crippen LogP contribution in [0.4, 0.5) is 5.95 Å². The molecule has 0 amide bonds. The number of rotatable bonds is 3. The largest absolute Gasteiger partial charge is 0.497 e. The smallest absolute Gasteiger partial charge is 0.226 e. The number of anilines is 1. The number of carbonyl (C=O) groups excluding carboxylic acids is 1. The summed E-state index contributed by atoms with van der Waals surface area (Å²) in [6.45, 7) is 4.23. The second kappa shape index (κ2) is 7.24. The molecule has 2 aromatic carbocycles. The quantitative estimate of drug-likeness (QED) is 0.608. The van der Waals surface area contributed by atoms with Crippen LogP contribution in [0, 0.1) is 5.41 Å². The molecule has 6 nitrogen and oxygen atoms in total. The van der Waals surface area contributed by atoms with E-state index in [9.17, 15) is 4.79 Å². The number of hydrogen-bond donors (Lipinski definition) is 1. The van der Waals surface area contributed by atoms with Gasteiger partial charge in [-0.2, -0.15) is 4.98 Å². The number of hydrogen-bond acceptors (Lipinski definition) is 5. The Kier molecular flexibility index (Phi) is 4.63. The van der Waals surface area contributed by atoms with E-state index in [0.717, 1.165) is 34.6 Å². The molecule has 1 aliphatic carbocycles. The normalized spacial score (nSPS) is 19.5. The average molecular weight is 435 g/mol. The molecule has 0 radical (unpaired) electrons. The van der Waals surface area contributed by atoms with Crippen LogP contribution in [0.25, 0.3) is 11.4 Å². The lowest BCUT2D eigenvalue weighted by Crippen LogP contribution is -2.36. The molecule has 1 aliphatic heterocycles. The molecule has 0 unspecified atom stereocenters. The first-order chi connectivity index (χ1) is 14.9. The lowest BCUT2D eigenvalue weighted by Gasteiger charge is -2.38. The van der Waals surface area contributed by atoms with Crippen molar-refractivity contribution in [1.29, 1.82) is 0 Å². The molecule has 1 aromatic heterocycles. The number of carbonyl (C=O) groups is 1. The van der Waals surface area contributed by atoms with E-state index in [-0.39, 0.29) is 17.2 Å². The summed E-state index contributed by atoms with van der Waals surface area (Å²) in [5, 5.41) is 8.77. The molecule has 5 rings (SSSR count). The Morgan fingerprint density at radius 1 is 1.16 bits per heavy atom. The monoisotopic (exact) mass is 434 g/mol. The first-order valence-electron chi connectivity index (χ1n) is 10.2. The van der Waals surface area contributed by atoms with Crippen molar-refractivity contribution >= 4 is 23.3 Å². The molecule has 2 heterocycles. The van der Waals surface area contributed by atoms with Crippen molar-refractivity contribution < 1.29 is 9.53 Å². The highest BCUT2D eigenvalue weighted by atomic mass is 35.5. The zero-order valence-corrected chi connectivity index (χ0v) is 18.4. The van der Waals surface area contributed by atoms with E-state index in [1.165, 1.54) is 0 Å². The number of aromatic nitrogens is 3. The third-order valence-electron chi connectivity index (χ3n) is 5.86. The number of nitrogens with zero attached hydrogens (tertiary/aromatic N) is 3. The highest BCUT2D eigenvalue weighted by Crippen LogP contribution is 2.46. The van der Waals surface area contributed by atoms with Crippen LogP contribution < -0.4 is 10.1 Å². The van der Waals surface area contributed by atoms with Gasteiger partial charge in [-0.1, -0.05) is 49.7 Å². The zero-order valence-electron chi connectivity index (χ0n) is 17.6. The van der Waals surface area contributed by atoms with Gasteiger partial charge in [-0.15, -0.1) is 5.10 Å². The van der Waals surface area contributed by atoms with Crippen molar-refractivity contribution in [2.45, 2.75) is 32.7 Å². The maximum absolute atomic E-state index is 13.3. The van der Waals surface area contributed by atoms with Crippen molar-refractivity contribution in [1.82, 2.24) is 14.8 Å². The van der Waals surface area contributed by atoms with E-state index in [0.29, 0.717) is 23.2 Å². The SMILES string of the molecule is COc1cccc([C@@H]2C3=C(CC(C)(C)CC3=O)Nc3nc(-c4ccccc4Cl)nn32)c1. The van der Waals surface area contributed by atoms with Crippen LogP contribution in [0.2, 0.25) is 5.02 Å². The predicted molar refractivity (Wildman–Crippen MR) is 120 cm³/mol. The summed E-state index contributed by atoms with van der Waals surface area (Å²) < 4.78 is 7.23. The van der Waals surface area contributed by atoms with Gasteiger partial charge < -0.3 is 10.1 Å². The number of fused-ring (bicyclic) bond motifs is 1. The summed E-state index contributed by atoms with van der Waals surface area (Å²) in [4.78, 5) is 18.1. The van der Waals surface area contributed by atoms with Crippen LogP contribution >= 0.6 is 11.6 Å². The minimum atomic E-state index is -0.381. The fourth-order valence-electron chi connectivity index (χ4n) is 4.49. The van der Waals surface area contributed by atoms with Crippen molar-refractivity contribution in [3.63, 3.8) is 0 Å². The Balaban J connectivity index is 1.70. The van der Waals surface area contributed by atoms with Gasteiger partial charge in [0.15, 0.2) is 11.6 Å². The minimum absolute atomic E-state index is 0.115. The molecular weight excluding hydrogens is 412 g/mol. The van der Waals surface area contributed by atoms with Gasteiger partial charge in [0.2, 0.25) is 5.95 Å². The third-order valence-corrected chi connectivity index (χ3v) is 6.19. The van der Waals surface area contributed by atoms with Crippen molar-refractivity contribution in [3.8, 4) is 17.1 Å². The highest BCUT2D eigenvalue weighted by molar-refractivity contribution is 6.33. The van der Waals surface area contributed by atoms with E-state index < -0.39 is 0 Å². The molecule has 0 fully saturated rings. The maximum atomic E-state index is 13.3. The Hall–Kier alpha value is -3.12. The number of ketones is 1. The number of benzene rings is 2. The van der Waals surface area contributed by atoms with E-state index in [4.69, 9.17) is 26.4 Å². The summed E-state index contributed by atoms with van der Waals surface area (Å²) in [6.07, 6.45) is 1.26. The first-order valence-corrected chi connectivity index (χ1v) is 10.6. The van der Waals surface area contributed by atoms with Crippen LogP contribution in [0.5, 0.6) is 5.75 Å². The summed E-state index contributed by atoms with van der Waals surface area (Å²) in [7, 11) is 1.64. The number of ether oxygens (including phenoxy) is 1. The number of allylic oxidation sites excluding steroid dienone is 2. The number of methoxy groups -OCH3 is 1. The van der Waals surface area contributed by atoms with E-state index in [2.05, 4.69) is 19.2 Å². The van der Waals surface area contributed by atoms with Crippen molar-refractivity contribution in [2.24, 2.45) is 5.41 Å². The summed E-state index contributed by atoms with van der Waals surface area (Å²) in [6, 6.07) is 14.9. The van der Waals surface area contributed by atoms with Crippen LogP contribution in [-0.2, 0) is 4.79 Å². The predicted octanol–water partition coefficient (Wildman–Crippen LogP) is 5.27.